The van der Waals surface area contributed by atoms with E-state index in [1.54, 1.807) is 13.2 Å². The Balaban J connectivity index is 2.50. The van der Waals surface area contributed by atoms with Crippen LogP contribution in [0.25, 0.3) is 0 Å². The van der Waals surface area contributed by atoms with Gasteiger partial charge >= 0.3 is 0 Å². The van der Waals surface area contributed by atoms with Gasteiger partial charge in [0.15, 0.2) is 0 Å². The molecule has 0 amide bonds. The molecule has 0 heterocycles. The topological polar surface area (TPSA) is 21.3 Å². The SMILES string of the molecule is CNC(c1ccc(Cl)c(F)c1)c1cc(C)c(OC)cc1C. The molecule has 2 aromatic rings. The van der Waals surface area contributed by atoms with Gasteiger partial charge in [0.2, 0.25) is 0 Å². The molecule has 4 heteroatoms. The molecule has 0 aliphatic heterocycles. The highest BCUT2D eigenvalue weighted by Crippen LogP contribution is 2.31. The molecule has 1 N–H and O–H groups in total. The molecule has 0 fully saturated rings. The molecular weight excluding hydrogens is 289 g/mol. The first-order valence-corrected chi connectivity index (χ1v) is 7.13. The standard InChI is InChI=1S/C17H19ClFNO/c1-10-8-16(21-4)11(2)7-13(10)17(20-3)12-5-6-14(18)15(19)9-12/h5-9,17,20H,1-4H3. The van der Waals surface area contributed by atoms with E-state index < -0.39 is 5.82 Å². The van der Waals surface area contributed by atoms with E-state index in [-0.39, 0.29) is 11.1 Å². The van der Waals surface area contributed by atoms with Gasteiger partial charge in [-0.1, -0.05) is 23.7 Å². The highest BCUT2D eigenvalue weighted by Gasteiger charge is 2.17. The van der Waals surface area contributed by atoms with Crippen molar-refractivity contribution in [3.8, 4) is 5.75 Å². The summed E-state index contributed by atoms with van der Waals surface area (Å²) in [5, 5.41) is 3.37. The van der Waals surface area contributed by atoms with Crippen LogP contribution in [-0.2, 0) is 0 Å². The summed E-state index contributed by atoms with van der Waals surface area (Å²) < 4.78 is 19.0. The van der Waals surface area contributed by atoms with Crippen molar-refractivity contribution in [2.45, 2.75) is 19.9 Å². The summed E-state index contributed by atoms with van der Waals surface area (Å²) >= 11 is 5.76. The molecule has 1 atom stereocenters. The highest BCUT2D eigenvalue weighted by molar-refractivity contribution is 6.30. The van der Waals surface area contributed by atoms with Crippen molar-refractivity contribution in [2.75, 3.05) is 14.2 Å². The van der Waals surface area contributed by atoms with Crippen LogP contribution >= 0.6 is 11.6 Å². The van der Waals surface area contributed by atoms with Gasteiger partial charge in [0.25, 0.3) is 0 Å². The molecule has 0 aliphatic carbocycles. The number of halogens is 2. The predicted octanol–water partition coefficient (Wildman–Crippen LogP) is 4.41. The fourth-order valence-corrected chi connectivity index (χ4v) is 2.65. The second kappa shape index (κ2) is 6.46. The van der Waals surface area contributed by atoms with Gasteiger partial charge in [-0.3, -0.25) is 0 Å². The molecule has 0 spiro atoms. The lowest BCUT2D eigenvalue weighted by molar-refractivity contribution is 0.411. The van der Waals surface area contributed by atoms with Gasteiger partial charge in [-0.25, -0.2) is 4.39 Å². The molecular formula is C17H19ClFNO. The lowest BCUT2D eigenvalue weighted by Crippen LogP contribution is -2.19. The van der Waals surface area contributed by atoms with Crippen LogP contribution in [0.1, 0.15) is 28.3 Å². The Labute approximate surface area is 129 Å². The van der Waals surface area contributed by atoms with Crippen LogP contribution in [0.2, 0.25) is 5.02 Å². The molecule has 0 bridgehead atoms. The van der Waals surface area contributed by atoms with Crippen molar-refractivity contribution in [1.29, 1.82) is 0 Å². The third-order valence-corrected chi connectivity index (χ3v) is 3.97. The minimum atomic E-state index is -0.405. The van der Waals surface area contributed by atoms with E-state index in [0.29, 0.717) is 0 Å². The van der Waals surface area contributed by atoms with Crippen LogP contribution in [0, 0.1) is 19.7 Å². The maximum Gasteiger partial charge on any atom is 0.142 e. The summed E-state index contributed by atoms with van der Waals surface area (Å²) in [6.07, 6.45) is 0. The van der Waals surface area contributed by atoms with Crippen LogP contribution in [0.15, 0.2) is 30.3 Å². The smallest absolute Gasteiger partial charge is 0.142 e. The Morgan fingerprint density at radius 3 is 2.43 bits per heavy atom. The number of hydrogen-bond acceptors (Lipinski definition) is 2. The molecule has 2 nitrogen and oxygen atoms in total. The largest absolute Gasteiger partial charge is 0.496 e. The number of ether oxygens (including phenoxy) is 1. The average Bonchev–Trinajstić information content (AvgIpc) is 2.46. The maximum absolute atomic E-state index is 13.7. The second-order valence-corrected chi connectivity index (χ2v) is 5.48. The van der Waals surface area contributed by atoms with E-state index >= 15 is 0 Å². The van der Waals surface area contributed by atoms with Crippen LogP contribution in [0.3, 0.4) is 0 Å². The van der Waals surface area contributed by atoms with Crippen molar-refractivity contribution in [3.63, 3.8) is 0 Å². The lowest BCUT2D eigenvalue weighted by atomic mass is 9.93. The number of methoxy groups -OCH3 is 1. The van der Waals surface area contributed by atoms with Gasteiger partial charge in [-0.05, 0) is 61.3 Å². The summed E-state index contributed by atoms with van der Waals surface area (Å²) in [7, 11) is 3.52. The molecule has 0 radical (unpaired) electrons. The fourth-order valence-electron chi connectivity index (χ4n) is 2.54. The molecule has 0 saturated heterocycles. The van der Waals surface area contributed by atoms with Gasteiger partial charge in [-0.2, -0.15) is 0 Å². The van der Waals surface area contributed by atoms with E-state index in [9.17, 15) is 4.39 Å². The van der Waals surface area contributed by atoms with E-state index in [2.05, 4.69) is 11.4 Å². The van der Waals surface area contributed by atoms with E-state index in [0.717, 1.165) is 28.0 Å². The summed E-state index contributed by atoms with van der Waals surface area (Å²) in [5.41, 5.74) is 4.07. The summed E-state index contributed by atoms with van der Waals surface area (Å²) in [5.74, 6) is 0.450. The second-order valence-electron chi connectivity index (χ2n) is 5.07. The summed E-state index contributed by atoms with van der Waals surface area (Å²) in [4.78, 5) is 0. The zero-order chi connectivity index (χ0) is 15.6. The maximum atomic E-state index is 13.7. The number of nitrogens with one attached hydrogen (secondary N) is 1. The first-order chi connectivity index (χ1) is 9.97. The molecule has 2 aromatic carbocycles. The Bertz CT molecular complexity index is 657. The number of rotatable bonds is 4. The Hall–Kier alpha value is -1.58. The molecule has 2 rings (SSSR count). The van der Waals surface area contributed by atoms with Crippen molar-refractivity contribution in [3.05, 3.63) is 63.4 Å². The van der Waals surface area contributed by atoms with Crippen molar-refractivity contribution in [1.82, 2.24) is 5.32 Å². The highest BCUT2D eigenvalue weighted by atomic mass is 35.5. The zero-order valence-electron chi connectivity index (χ0n) is 12.6. The molecule has 0 aliphatic rings. The third-order valence-electron chi connectivity index (χ3n) is 3.66. The van der Waals surface area contributed by atoms with Crippen LogP contribution in [-0.4, -0.2) is 14.2 Å². The third kappa shape index (κ3) is 3.20. The van der Waals surface area contributed by atoms with Crippen molar-refractivity contribution >= 4 is 11.6 Å². The Kier molecular flexibility index (Phi) is 4.86. The van der Waals surface area contributed by atoms with Gasteiger partial charge in [-0.15, -0.1) is 0 Å². The molecule has 0 aromatic heterocycles. The molecule has 112 valence electrons. The number of hydrogen-bond donors (Lipinski definition) is 1. The lowest BCUT2D eigenvalue weighted by Gasteiger charge is -2.21. The van der Waals surface area contributed by atoms with Gasteiger partial charge < -0.3 is 10.1 Å². The van der Waals surface area contributed by atoms with E-state index in [1.165, 1.54) is 6.07 Å². The predicted molar refractivity (Wildman–Crippen MR) is 84.8 cm³/mol. The monoisotopic (exact) mass is 307 g/mol. The minimum Gasteiger partial charge on any atom is -0.496 e. The first kappa shape index (κ1) is 15.8. The van der Waals surface area contributed by atoms with Crippen LogP contribution < -0.4 is 10.1 Å². The van der Waals surface area contributed by atoms with Gasteiger partial charge in [0, 0.05) is 0 Å². The molecule has 0 saturated carbocycles. The number of aryl methyl sites for hydroxylation is 2. The van der Waals surface area contributed by atoms with Crippen molar-refractivity contribution in [2.24, 2.45) is 0 Å². The quantitative estimate of drug-likeness (QED) is 0.903. The van der Waals surface area contributed by atoms with E-state index in [1.807, 2.05) is 33.0 Å². The summed E-state index contributed by atoms with van der Waals surface area (Å²) in [6.45, 7) is 4.02. The molecule has 1 unspecified atom stereocenters. The molecule has 21 heavy (non-hydrogen) atoms. The average molecular weight is 308 g/mol. The number of benzene rings is 2. The van der Waals surface area contributed by atoms with Crippen molar-refractivity contribution < 1.29 is 9.13 Å². The van der Waals surface area contributed by atoms with E-state index in [4.69, 9.17) is 16.3 Å². The van der Waals surface area contributed by atoms with Gasteiger partial charge in [0.05, 0.1) is 18.2 Å². The Morgan fingerprint density at radius 2 is 1.86 bits per heavy atom. The normalized spacial score (nSPS) is 12.3. The summed E-state index contributed by atoms with van der Waals surface area (Å²) in [6, 6.07) is 8.88. The van der Waals surface area contributed by atoms with Crippen LogP contribution in [0.5, 0.6) is 5.75 Å². The van der Waals surface area contributed by atoms with Gasteiger partial charge in [0.1, 0.15) is 11.6 Å². The minimum absolute atomic E-state index is 0.0960. The fraction of sp³-hybridized carbons (Fsp3) is 0.294. The Morgan fingerprint density at radius 1 is 1.14 bits per heavy atom. The first-order valence-electron chi connectivity index (χ1n) is 6.75. The zero-order valence-corrected chi connectivity index (χ0v) is 13.4. The van der Waals surface area contributed by atoms with Crippen LogP contribution in [0.4, 0.5) is 4.39 Å².